The molecule has 2 amide bonds. The third-order valence-corrected chi connectivity index (χ3v) is 5.24. The highest BCUT2D eigenvalue weighted by atomic mass is 16.7. The van der Waals surface area contributed by atoms with Crippen LogP contribution in [-0.2, 0) is 9.47 Å². The van der Waals surface area contributed by atoms with Gasteiger partial charge in [-0.25, -0.2) is 4.79 Å². The third kappa shape index (κ3) is 3.27. The number of likely N-dealkylation sites (tertiary alicyclic amines) is 1. The minimum absolute atomic E-state index is 0.275. The van der Waals surface area contributed by atoms with Gasteiger partial charge in [-0.05, 0) is 44.1 Å². The molecule has 0 radical (unpaired) electrons. The molecule has 1 aromatic rings. The topological polar surface area (TPSA) is 107 Å². The van der Waals surface area contributed by atoms with Crippen molar-refractivity contribution in [2.24, 2.45) is 0 Å². The predicted molar refractivity (Wildman–Crippen MR) is 92.3 cm³/mol. The number of amides is 2. The number of carbonyl (C=O) groups is 1. The first-order chi connectivity index (χ1) is 12.7. The summed E-state index contributed by atoms with van der Waals surface area (Å²) in [6, 6.07) is 7.42. The Hall–Kier alpha value is -2.18. The minimum Gasteiger partial charge on any atom is -0.389 e. The van der Waals surface area contributed by atoms with Crippen LogP contribution in [0.2, 0.25) is 0 Å². The van der Waals surface area contributed by atoms with Gasteiger partial charge in [0.1, 0.15) is 6.10 Å². The summed E-state index contributed by atoms with van der Waals surface area (Å²) in [6.07, 6.45) is 0.600. The number of rotatable bonds is 3. The number of anilines is 1. The van der Waals surface area contributed by atoms with Crippen molar-refractivity contribution in [3.05, 3.63) is 29.8 Å². The number of benzene rings is 1. The number of ether oxygens (including phenoxy) is 2. The van der Waals surface area contributed by atoms with Crippen LogP contribution in [0, 0.1) is 11.3 Å². The molecule has 0 saturated carbocycles. The van der Waals surface area contributed by atoms with E-state index in [4.69, 9.17) is 14.7 Å². The molecule has 2 bridgehead atoms. The largest absolute Gasteiger partial charge is 0.389 e. The predicted octanol–water partition coefficient (Wildman–Crippen LogP) is 0.629. The van der Waals surface area contributed by atoms with E-state index in [0.29, 0.717) is 17.9 Å². The molecule has 5 unspecified atom stereocenters. The molecule has 8 nitrogen and oxygen atoms in total. The lowest BCUT2D eigenvalue weighted by atomic mass is 9.95. The number of hydrogen-bond acceptors (Lipinski definition) is 6. The van der Waals surface area contributed by atoms with Crippen molar-refractivity contribution >= 4 is 11.7 Å². The molecule has 3 aliphatic heterocycles. The molecule has 0 spiro atoms. The van der Waals surface area contributed by atoms with Crippen molar-refractivity contribution in [2.75, 3.05) is 25.0 Å². The zero-order valence-corrected chi connectivity index (χ0v) is 14.3. The van der Waals surface area contributed by atoms with Crippen LogP contribution in [0.25, 0.3) is 0 Å². The second-order valence-corrected chi connectivity index (χ2v) is 6.92. The van der Waals surface area contributed by atoms with Crippen LogP contribution in [0.4, 0.5) is 10.5 Å². The van der Waals surface area contributed by atoms with Gasteiger partial charge < -0.3 is 25.2 Å². The lowest BCUT2D eigenvalue weighted by Crippen LogP contribution is -2.65. The van der Waals surface area contributed by atoms with Crippen molar-refractivity contribution in [3.8, 4) is 6.07 Å². The molecular formula is C18H22N4O4. The molecule has 3 aliphatic rings. The van der Waals surface area contributed by atoms with E-state index in [-0.39, 0.29) is 12.1 Å². The van der Waals surface area contributed by atoms with Gasteiger partial charge in [-0.2, -0.15) is 5.26 Å². The van der Waals surface area contributed by atoms with Crippen LogP contribution in [0.1, 0.15) is 18.4 Å². The van der Waals surface area contributed by atoms with Crippen molar-refractivity contribution in [1.82, 2.24) is 10.2 Å². The Labute approximate surface area is 151 Å². The fraction of sp³-hybridized carbons (Fsp3) is 0.556. The van der Waals surface area contributed by atoms with Crippen LogP contribution >= 0.6 is 0 Å². The monoisotopic (exact) mass is 358 g/mol. The highest BCUT2D eigenvalue weighted by Crippen LogP contribution is 2.33. The quantitative estimate of drug-likeness (QED) is 0.732. The summed E-state index contributed by atoms with van der Waals surface area (Å²) < 4.78 is 11.6. The van der Waals surface area contributed by atoms with Gasteiger partial charge in [0, 0.05) is 5.69 Å². The zero-order valence-electron chi connectivity index (χ0n) is 14.3. The number of hydrogen-bond donors (Lipinski definition) is 3. The Bertz CT molecular complexity index is 713. The van der Waals surface area contributed by atoms with Gasteiger partial charge >= 0.3 is 6.03 Å². The van der Waals surface area contributed by atoms with Crippen molar-refractivity contribution in [2.45, 2.75) is 43.4 Å². The number of fused-ring (bicyclic) bond motifs is 2. The van der Waals surface area contributed by atoms with Crippen molar-refractivity contribution in [1.29, 1.82) is 5.26 Å². The van der Waals surface area contributed by atoms with Crippen LogP contribution in [-0.4, -0.2) is 66.3 Å². The Morgan fingerprint density at radius 3 is 2.92 bits per heavy atom. The molecule has 3 fully saturated rings. The second kappa shape index (κ2) is 7.21. The smallest absolute Gasteiger partial charge is 0.319 e. The van der Waals surface area contributed by atoms with E-state index < -0.39 is 24.5 Å². The highest BCUT2D eigenvalue weighted by molar-refractivity contribution is 5.89. The van der Waals surface area contributed by atoms with Crippen LogP contribution in [0.3, 0.4) is 0 Å². The van der Waals surface area contributed by atoms with Crippen LogP contribution in [0.15, 0.2) is 24.3 Å². The number of aliphatic hydroxyl groups excluding tert-OH is 1. The third-order valence-electron chi connectivity index (χ3n) is 5.24. The molecule has 3 N–H and O–H groups in total. The lowest BCUT2D eigenvalue weighted by molar-refractivity contribution is -0.177. The number of carbonyl (C=O) groups excluding carboxylic acids is 1. The van der Waals surface area contributed by atoms with Gasteiger partial charge in [-0.1, -0.05) is 6.07 Å². The summed E-state index contributed by atoms with van der Waals surface area (Å²) in [5.74, 6) is 0. The SMILES string of the molecule is N#Cc1cccc(NC(=O)NC2C3COC(O3)C(N3CCCC3)C2O)c1. The van der Waals surface area contributed by atoms with Gasteiger partial charge in [0.2, 0.25) is 0 Å². The first-order valence-electron chi connectivity index (χ1n) is 8.92. The molecular weight excluding hydrogens is 336 g/mol. The minimum atomic E-state index is -0.768. The highest BCUT2D eigenvalue weighted by Gasteiger charge is 2.52. The Morgan fingerprint density at radius 2 is 2.15 bits per heavy atom. The molecule has 3 heterocycles. The van der Waals surface area contributed by atoms with Gasteiger partial charge in [0.25, 0.3) is 0 Å². The average molecular weight is 358 g/mol. The second-order valence-electron chi connectivity index (χ2n) is 6.92. The molecule has 26 heavy (non-hydrogen) atoms. The number of nitrogens with one attached hydrogen (secondary N) is 2. The molecule has 0 aromatic heterocycles. The summed E-state index contributed by atoms with van der Waals surface area (Å²) in [5, 5.41) is 25.4. The molecule has 5 atom stereocenters. The maximum atomic E-state index is 12.4. The van der Waals surface area contributed by atoms with E-state index in [1.165, 1.54) is 0 Å². The summed E-state index contributed by atoms with van der Waals surface area (Å²) in [6.45, 7) is 2.14. The van der Waals surface area contributed by atoms with Crippen LogP contribution < -0.4 is 10.6 Å². The number of nitrogens with zero attached hydrogens (tertiary/aromatic N) is 2. The molecule has 138 valence electrons. The average Bonchev–Trinajstić information content (AvgIpc) is 3.30. The summed E-state index contributed by atoms with van der Waals surface area (Å²) >= 11 is 0. The Morgan fingerprint density at radius 1 is 1.35 bits per heavy atom. The first-order valence-corrected chi connectivity index (χ1v) is 8.92. The zero-order chi connectivity index (χ0) is 18.1. The van der Waals surface area contributed by atoms with Gasteiger partial charge in [-0.3, -0.25) is 4.90 Å². The fourth-order valence-corrected chi connectivity index (χ4v) is 3.99. The van der Waals surface area contributed by atoms with Gasteiger partial charge in [-0.15, -0.1) is 0 Å². The van der Waals surface area contributed by atoms with Crippen molar-refractivity contribution in [3.63, 3.8) is 0 Å². The maximum absolute atomic E-state index is 12.4. The van der Waals surface area contributed by atoms with Crippen molar-refractivity contribution < 1.29 is 19.4 Å². The van der Waals surface area contributed by atoms with Crippen LogP contribution in [0.5, 0.6) is 0 Å². The molecule has 8 heteroatoms. The molecule has 4 rings (SSSR count). The molecule has 1 aromatic carbocycles. The summed E-state index contributed by atoms with van der Waals surface area (Å²) in [5.41, 5.74) is 0.981. The van der Waals surface area contributed by atoms with Gasteiger partial charge in [0.05, 0.1) is 36.4 Å². The summed E-state index contributed by atoms with van der Waals surface area (Å²) in [7, 11) is 0. The van der Waals surface area contributed by atoms with E-state index in [1.807, 2.05) is 6.07 Å². The molecule has 0 aliphatic carbocycles. The number of aliphatic hydroxyl groups is 1. The lowest BCUT2D eigenvalue weighted by Gasteiger charge is -2.42. The number of nitriles is 1. The Balaban J connectivity index is 1.44. The van der Waals surface area contributed by atoms with E-state index in [9.17, 15) is 9.90 Å². The first kappa shape index (κ1) is 17.2. The summed E-state index contributed by atoms with van der Waals surface area (Å²) in [4.78, 5) is 14.6. The fourth-order valence-electron chi connectivity index (χ4n) is 3.99. The standard InChI is InChI=1S/C18H22N4O4/c19-9-11-4-3-5-12(8-11)20-18(24)21-14-13-10-25-17(26-13)15(16(14)23)22-6-1-2-7-22/h3-5,8,13-17,23H,1-2,6-7,10H2,(H2,20,21,24). The van der Waals surface area contributed by atoms with E-state index in [2.05, 4.69) is 15.5 Å². The Kier molecular flexibility index (Phi) is 4.78. The number of urea groups is 1. The van der Waals surface area contributed by atoms with E-state index in [0.717, 1.165) is 25.9 Å². The van der Waals surface area contributed by atoms with E-state index >= 15 is 0 Å². The maximum Gasteiger partial charge on any atom is 0.319 e. The van der Waals surface area contributed by atoms with E-state index in [1.54, 1.807) is 24.3 Å². The normalized spacial score (nSPS) is 33.6. The molecule has 3 saturated heterocycles. The van der Waals surface area contributed by atoms with Gasteiger partial charge in [0.15, 0.2) is 6.29 Å².